The molecule has 6 nitrogen and oxygen atoms in total. The van der Waals surface area contributed by atoms with Crippen molar-refractivity contribution in [3.8, 4) is 0 Å². The normalized spacial score (nSPS) is 10.6. The van der Waals surface area contributed by atoms with Crippen molar-refractivity contribution < 1.29 is 18.9 Å². The number of hydrogen-bond acceptors (Lipinski definition) is 5. The molecule has 0 radical (unpaired) electrons. The Morgan fingerprint density at radius 1 is 1.59 bits per heavy atom. The topological polar surface area (TPSA) is 82.6 Å². The van der Waals surface area contributed by atoms with Gasteiger partial charge in [-0.25, -0.2) is 4.79 Å². The Morgan fingerprint density at radius 3 is 2.94 bits per heavy atom. The second-order valence-corrected chi connectivity index (χ2v) is 3.29. The molecular formula is C11H13NO5. The number of unbranched alkanes of at least 4 members (excludes halogenated alkanes) is 1. The lowest BCUT2D eigenvalue weighted by atomic mass is 10.3. The van der Waals surface area contributed by atoms with Crippen LogP contribution in [0, 0.1) is 10.1 Å². The fourth-order valence-corrected chi connectivity index (χ4v) is 1.05. The number of carbonyl (C=O) groups is 1. The van der Waals surface area contributed by atoms with E-state index in [2.05, 4.69) is 0 Å². The minimum Gasteiger partial charge on any atom is -0.463 e. The number of nitrogens with zero attached hydrogens (tertiary/aromatic N) is 1. The first-order chi connectivity index (χ1) is 8.13. The summed E-state index contributed by atoms with van der Waals surface area (Å²) in [5.41, 5.74) is 0. The van der Waals surface area contributed by atoms with E-state index < -0.39 is 10.9 Å². The van der Waals surface area contributed by atoms with Gasteiger partial charge in [0.2, 0.25) is 0 Å². The molecule has 0 amide bonds. The molecule has 0 fully saturated rings. The van der Waals surface area contributed by atoms with E-state index in [9.17, 15) is 14.9 Å². The second-order valence-electron chi connectivity index (χ2n) is 3.29. The molecule has 0 saturated heterocycles. The highest BCUT2D eigenvalue weighted by Crippen LogP contribution is 2.16. The zero-order valence-electron chi connectivity index (χ0n) is 9.42. The molecule has 0 aliphatic carbocycles. The first-order valence-electron chi connectivity index (χ1n) is 5.22. The van der Waals surface area contributed by atoms with Crippen molar-refractivity contribution >= 4 is 17.9 Å². The number of hydrogen-bond donors (Lipinski definition) is 0. The Labute approximate surface area is 98.0 Å². The Bertz CT molecular complexity index is 421. The first-order valence-corrected chi connectivity index (χ1v) is 5.22. The van der Waals surface area contributed by atoms with Crippen LogP contribution in [0.25, 0.3) is 6.08 Å². The number of ether oxygens (including phenoxy) is 1. The Balaban J connectivity index is 2.46. The SMILES string of the molecule is CCCCOC(=O)/C=C/c1ccc([N+](=O)[O-])o1. The molecule has 0 N–H and O–H groups in total. The van der Waals surface area contributed by atoms with E-state index in [1.807, 2.05) is 6.92 Å². The van der Waals surface area contributed by atoms with Gasteiger partial charge in [-0.15, -0.1) is 0 Å². The molecule has 1 aromatic rings. The highest BCUT2D eigenvalue weighted by atomic mass is 16.6. The summed E-state index contributed by atoms with van der Waals surface area (Å²) in [5.74, 6) is -0.606. The van der Waals surface area contributed by atoms with Crippen molar-refractivity contribution in [1.29, 1.82) is 0 Å². The molecular weight excluding hydrogens is 226 g/mol. The van der Waals surface area contributed by atoms with Crippen molar-refractivity contribution in [2.45, 2.75) is 19.8 Å². The lowest BCUT2D eigenvalue weighted by Crippen LogP contribution is -2.01. The predicted molar refractivity (Wildman–Crippen MR) is 60.3 cm³/mol. The van der Waals surface area contributed by atoms with E-state index in [1.165, 1.54) is 24.3 Å². The van der Waals surface area contributed by atoms with Gasteiger partial charge in [-0.2, -0.15) is 0 Å². The van der Waals surface area contributed by atoms with Crippen LogP contribution in [0.15, 0.2) is 22.6 Å². The maximum atomic E-state index is 11.1. The van der Waals surface area contributed by atoms with Gasteiger partial charge in [0.1, 0.15) is 10.7 Å². The van der Waals surface area contributed by atoms with Gasteiger partial charge < -0.3 is 9.15 Å². The Hall–Kier alpha value is -2.11. The minimum absolute atomic E-state index is 0.240. The summed E-state index contributed by atoms with van der Waals surface area (Å²) in [6.45, 7) is 2.36. The van der Waals surface area contributed by atoms with Crippen molar-refractivity contribution in [3.05, 3.63) is 34.1 Å². The average Bonchev–Trinajstić information content (AvgIpc) is 2.75. The lowest BCUT2D eigenvalue weighted by molar-refractivity contribution is -0.402. The summed E-state index contributed by atoms with van der Waals surface area (Å²) in [7, 11) is 0. The molecule has 0 saturated carbocycles. The van der Waals surface area contributed by atoms with Gasteiger partial charge >= 0.3 is 11.9 Å². The van der Waals surface area contributed by atoms with Crippen LogP contribution in [0.1, 0.15) is 25.5 Å². The summed E-state index contributed by atoms with van der Waals surface area (Å²) in [6, 6.07) is 2.63. The van der Waals surface area contributed by atoms with Gasteiger partial charge in [-0.1, -0.05) is 13.3 Å². The zero-order chi connectivity index (χ0) is 12.7. The minimum atomic E-state index is -0.642. The van der Waals surface area contributed by atoms with Gasteiger partial charge in [0.15, 0.2) is 0 Å². The van der Waals surface area contributed by atoms with E-state index in [-0.39, 0.29) is 11.6 Å². The quantitative estimate of drug-likeness (QED) is 0.250. The first kappa shape index (κ1) is 13.0. The van der Waals surface area contributed by atoms with Gasteiger partial charge in [-0.05, 0) is 18.6 Å². The van der Waals surface area contributed by atoms with Crippen LogP contribution in [-0.2, 0) is 9.53 Å². The number of rotatable bonds is 6. The Morgan fingerprint density at radius 2 is 2.35 bits per heavy atom. The molecule has 0 unspecified atom stereocenters. The van der Waals surface area contributed by atoms with Crippen LogP contribution < -0.4 is 0 Å². The van der Waals surface area contributed by atoms with Crippen LogP contribution in [0.3, 0.4) is 0 Å². The molecule has 1 heterocycles. The molecule has 92 valence electrons. The molecule has 0 spiro atoms. The fourth-order valence-electron chi connectivity index (χ4n) is 1.05. The van der Waals surface area contributed by atoms with Crippen LogP contribution in [0.2, 0.25) is 0 Å². The Kier molecular flexibility index (Phi) is 4.93. The summed E-state index contributed by atoms with van der Waals surface area (Å²) in [6.07, 6.45) is 4.27. The van der Waals surface area contributed by atoms with Crippen LogP contribution in [-0.4, -0.2) is 17.5 Å². The van der Waals surface area contributed by atoms with E-state index in [0.29, 0.717) is 6.61 Å². The average molecular weight is 239 g/mol. The molecule has 0 aliphatic heterocycles. The van der Waals surface area contributed by atoms with E-state index in [1.54, 1.807) is 0 Å². The molecule has 0 aliphatic rings. The third-order valence-corrected chi connectivity index (χ3v) is 1.92. The monoisotopic (exact) mass is 239 g/mol. The molecule has 0 aromatic carbocycles. The van der Waals surface area contributed by atoms with Gasteiger partial charge in [-0.3, -0.25) is 10.1 Å². The number of nitro groups is 1. The maximum absolute atomic E-state index is 11.1. The molecule has 17 heavy (non-hydrogen) atoms. The summed E-state index contributed by atoms with van der Waals surface area (Å²) < 4.78 is 9.68. The largest absolute Gasteiger partial charge is 0.463 e. The van der Waals surface area contributed by atoms with E-state index >= 15 is 0 Å². The number of esters is 1. The predicted octanol–water partition coefficient (Wildman–Crippen LogP) is 2.54. The molecule has 0 bridgehead atoms. The molecule has 0 atom stereocenters. The van der Waals surface area contributed by atoms with Crippen molar-refractivity contribution in [3.63, 3.8) is 0 Å². The lowest BCUT2D eigenvalue weighted by Gasteiger charge is -1.98. The standard InChI is InChI=1S/C11H13NO5/c1-2-3-8-16-11(13)7-5-9-4-6-10(17-9)12(14)15/h4-7H,2-3,8H2,1H3/b7-5+. The number of furan rings is 1. The third kappa shape index (κ3) is 4.50. The molecule has 1 rings (SSSR count). The fraction of sp³-hybridized carbons (Fsp3) is 0.364. The summed E-state index contributed by atoms with van der Waals surface area (Å²) in [5, 5.41) is 10.3. The molecule has 6 heteroatoms. The van der Waals surface area contributed by atoms with Crippen LogP contribution in [0.5, 0.6) is 0 Å². The van der Waals surface area contributed by atoms with Crippen molar-refractivity contribution in [2.24, 2.45) is 0 Å². The second kappa shape index (κ2) is 6.47. The maximum Gasteiger partial charge on any atom is 0.433 e. The van der Waals surface area contributed by atoms with E-state index in [0.717, 1.165) is 12.8 Å². The van der Waals surface area contributed by atoms with E-state index in [4.69, 9.17) is 9.15 Å². The van der Waals surface area contributed by atoms with Gasteiger partial charge in [0, 0.05) is 6.08 Å². The summed E-state index contributed by atoms with van der Waals surface area (Å²) >= 11 is 0. The highest BCUT2D eigenvalue weighted by molar-refractivity contribution is 5.86. The molecule has 1 aromatic heterocycles. The van der Waals surface area contributed by atoms with Crippen LogP contribution in [0.4, 0.5) is 5.88 Å². The number of carbonyl (C=O) groups excluding carboxylic acids is 1. The van der Waals surface area contributed by atoms with Crippen LogP contribution >= 0.6 is 0 Å². The summed E-state index contributed by atoms with van der Waals surface area (Å²) in [4.78, 5) is 20.8. The highest BCUT2D eigenvalue weighted by Gasteiger charge is 2.10. The van der Waals surface area contributed by atoms with Gasteiger partial charge in [0.05, 0.1) is 12.7 Å². The smallest absolute Gasteiger partial charge is 0.433 e. The van der Waals surface area contributed by atoms with Crippen molar-refractivity contribution in [2.75, 3.05) is 6.61 Å². The zero-order valence-corrected chi connectivity index (χ0v) is 9.42. The third-order valence-electron chi connectivity index (χ3n) is 1.92. The van der Waals surface area contributed by atoms with Gasteiger partial charge in [0.25, 0.3) is 0 Å². The van der Waals surface area contributed by atoms with Crippen molar-refractivity contribution in [1.82, 2.24) is 0 Å².